The molecular formula is C24H28N2O7S. The lowest BCUT2D eigenvalue weighted by molar-refractivity contribution is 0.0699. The van der Waals surface area contributed by atoms with Gasteiger partial charge in [-0.3, -0.25) is 4.79 Å². The van der Waals surface area contributed by atoms with Crippen LogP contribution in [0.4, 0.5) is 0 Å². The summed E-state index contributed by atoms with van der Waals surface area (Å²) in [4.78, 5) is 16.5. The summed E-state index contributed by atoms with van der Waals surface area (Å²) in [6.45, 7) is 1.30. The second-order valence-corrected chi connectivity index (χ2v) is 9.25. The molecule has 9 nitrogen and oxygen atoms in total. The molecule has 0 aliphatic heterocycles. The van der Waals surface area contributed by atoms with E-state index in [4.69, 9.17) is 18.1 Å². The molecule has 0 aliphatic rings. The number of benzene rings is 2. The Morgan fingerprint density at radius 2 is 1.68 bits per heavy atom. The van der Waals surface area contributed by atoms with Crippen molar-refractivity contribution in [2.45, 2.75) is 11.4 Å². The fourth-order valence-electron chi connectivity index (χ4n) is 3.14. The van der Waals surface area contributed by atoms with Crippen LogP contribution in [0.1, 0.15) is 16.1 Å². The molecule has 0 fully saturated rings. The Labute approximate surface area is 199 Å². The highest BCUT2D eigenvalue weighted by Crippen LogP contribution is 2.32. The molecule has 3 rings (SSSR count). The minimum atomic E-state index is -4.13. The normalized spacial score (nSPS) is 11.3. The van der Waals surface area contributed by atoms with Gasteiger partial charge in [0.15, 0.2) is 17.3 Å². The average molecular weight is 489 g/mol. The minimum Gasteiger partial charge on any atom is -0.497 e. The lowest BCUT2D eigenvalue weighted by atomic mass is 10.2. The smallest absolute Gasteiger partial charge is 0.339 e. The SMILES string of the molecule is COc1ccc(S(=O)(=O)Oc2cc(CN(CCN(C)C)C(=O)c3ccco3)ccc2OC)cc1. The predicted octanol–water partition coefficient (Wildman–Crippen LogP) is 3.27. The second kappa shape index (κ2) is 11.1. The van der Waals surface area contributed by atoms with Crippen molar-refractivity contribution >= 4 is 16.0 Å². The first-order valence-corrected chi connectivity index (χ1v) is 11.9. The van der Waals surface area contributed by atoms with Crippen LogP contribution in [0.15, 0.2) is 70.2 Å². The molecule has 0 saturated carbocycles. The highest BCUT2D eigenvalue weighted by molar-refractivity contribution is 7.87. The summed E-state index contributed by atoms with van der Waals surface area (Å²) in [6, 6.07) is 14.0. The first-order chi connectivity index (χ1) is 16.2. The van der Waals surface area contributed by atoms with Crippen LogP contribution in [0.3, 0.4) is 0 Å². The molecule has 182 valence electrons. The third-order valence-electron chi connectivity index (χ3n) is 4.99. The molecule has 1 heterocycles. The molecule has 0 N–H and O–H groups in total. The molecule has 0 aliphatic carbocycles. The van der Waals surface area contributed by atoms with Gasteiger partial charge in [0, 0.05) is 19.6 Å². The van der Waals surface area contributed by atoms with E-state index in [0.717, 1.165) is 0 Å². The van der Waals surface area contributed by atoms with Crippen LogP contribution < -0.4 is 13.7 Å². The van der Waals surface area contributed by atoms with Crippen LogP contribution in [-0.4, -0.2) is 65.5 Å². The van der Waals surface area contributed by atoms with Gasteiger partial charge in [0.05, 0.1) is 20.5 Å². The van der Waals surface area contributed by atoms with Crippen molar-refractivity contribution in [2.75, 3.05) is 41.4 Å². The topological polar surface area (TPSA) is 98.5 Å². The van der Waals surface area contributed by atoms with Gasteiger partial charge in [-0.2, -0.15) is 8.42 Å². The summed E-state index contributed by atoms with van der Waals surface area (Å²) >= 11 is 0. The molecule has 1 aromatic heterocycles. The zero-order valence-corrected chi connectivity index (χ0v) is 20.4. The number of likely N-dealkylation sites (N-methyl/N-ethyl adjacent to an activating group) is 1. The van der Waals surface area contributed by atoms with Crippen molar-refractivity contribution in [3.05, 3.63) is 72.2 Å². The summed E-state index contributed by atoms with van der Waals surface area (Å²) in [5, 5.41) is 0. The first-order valence-electron chi connectivity index (χ1n) is 10.5. The fraction of sp³-hybridized carbons (Fsp3) is 0.292. The van der Waals surface area contributed by atoms with E-state index in [2.05, 4.69) is 0 Å². The molecule has 0 atom stereocenters. The Bertz CT molecular complexity index is 1190. The molecule has 2 aromatic carbocycles. The van der Waals surface area contributed by atoms with Gasteiger partial charge in [-0.1, -0.05) is 6.07 Å². The zero-order chi connectivity index (χ0) is 24.7. The molecule has 0 spiro atoms. The first kappa shape index (κ1) is 25.1. The third kappa shape index (κ3) is 6.30. The van der Waals surface area contributed by atoms with E-state index >= 15 is 0 Å². The van der Waals surface area contributed by atoms with Crippen LogP contribution in [0.5, 0.6) is 17.2 Å². The van der Waals surface area contributed by atoms with Gasteiger partial charge in [-0.05, 0) is 68.2 Å². The highest BCUT2D eigenvalue weighted by Gasteiger charge is 2.22. The van der Waals surface area contributed by atoms with Crippen LogP contribution in [0.2, 0.25) is 0 Å². The van der Waals surface area contributed by atoms with Crippen molar-refractivity contribution in [2.24, 2.45) is 0 Å². The molecule has 3 aromatic rings. The summed E-state index contributed by atoms with van der Waals surface area (Å²) < 4.78 is 46.7. The molecule has 34 heavy (non-hydrogen) atoms. The quantitative estimate of drug-likeness (QED) is 0.379. The maximum absolute atomic E-state index is 12.9. The number of ether oxygens (including phenoxy) is 2. The fourth-order valence-corrected chi connectivity index (χ4v) is 4.08. The Morgan fingerprint density at radius 1 is 0.941 bits per heavy atom. The van der Waals surface area contributed by atoms with Crippen molar-refractivity contribution in [3.63, 3.8) is 0 Å². The number of carbonyl (C=O) groups excluding carboxylic acids is 1. The molecule has 10 heteroatoms. The number of furan rings is 1. The number of methoxy groups -OCH3 is 2. The third-order valence-corrected chi connectivity index (χ3v) is 6.23. The lowest BCUT2D eigenvalue weighted by Crippen LogP contribution is -2.36. The molecule has 0 radical (unpaired) electrons. The summed E-state index contributed by atoms with van der Waals surface area (Å²) in [5.41, 5.74) is 0.666. The predicted molar refractivity (Wildman–Crippen MR) is 126 cm³/mol. The number of nitrogens with zero attached hydrogens (tertiary/aromatic N) is 2. The minimum absolute atomic E-state index is 0.0221. The maximum atomic E-state index is 12.9. The summed E-state index contributed by atoms with van der Waals surface area (Å²) in [5.74, 6) is 0.756. The molecule has 1 amide bonds. The number of amides is 1. The Balaban J connectivity index is 1.86. The van der Waals surface area contributed by atoms with E-state index in [1.54, 1.807) is 35.2 Å². The standard InChI is InChI=1S/C24H28N2O7S/c1-25(2)13-14-26(24(27)22-6-5-15-32-22)17-18-7-12-21(31-4)23(16-18)33-34(28,29)20-10-8-19(30-3)9-11-20/h5-12,15-16H,13-14,17H2,1-4H3. The van der Waals surface area contributed by atoms with Crippen molar-refractivity contribution < 1.29 is 31.3 Å². The molecule has 0 saturated heterocycles. The average Bonchev–Trinajstić information content (AvgIpc) is 3.36. The summed E-state index contributed by atoms with van der Waals surface area (Å²) in [6.07, 6.45) is 1.45. The van der Waals surface area contributed by atoms with Gasteiger partial charge in [-0.25, -0.2) is 0 Å². The van der Waals surface area contributed by atoms with E-state index in [9.17, 15) is 13.2 Å². The van der Waals surface area contributed by atoms with Crippen LogP contribution >= 0.6 is 0 Å². The number of hydrogen-bond acceptors (Lipinski definition) is 8. The largest absolute Gasteiger partial charge is 0.497 e. The van der Waals surface area contributed by atoms with Crippen LogP contribution in [0.25, 0.3) is 0 Å². The van der Waals surface area contributed by atoms with E-state index in [-0.39, 0.29) is 34.6 Å². The van der Waals surface area contributed by atoms with Gasteiger partial charge in [-0.15, -0.1) is 0 Å². The highest BCUT2D eigenvalue weighted by atomic mass is 32.2. The zero-order valence-electron chi connectivity index (χ0n) is 19.6. The summed E-state index contributed by atoms with van der Waals surface area (Å²) in [7, 11) is 2.62. The van der Waals surface area contributed by atoms with E-state index < -0.39 is 10.1 Å². The van der Waals surface area contributed by atoms with Gasteiger partial charge in [0.2, 0.25) is 0 Å². The molecule has 0 unspecified atom stereocenters. The monoisotopic (exact) mass is 488 g/mol. The second-order valence-electron chi connectivity index (χ2n) is 7.71. The Morgan fingerprint density at radius 3 is 2.26 bits per heavy atom. The van der Waals surface area contributed by atoms with E-state index in [0.29, 0.717) is 24.4 Å². The lowest BCUT2D eigenvalue weighted by Gasteiger charge is -2.24. The Kier molecular flexibility index (Phi) is 8.19. The van der Waals surface area contributed by atoms with Gasteiger partial charge >= 0.3 is 10.1 Å². The number of carbonyl (C=O) groups is 1. The van der Waals surface area contributed by atoms with Crippen molar-refractivity contribution in [3.8, 4) is 17.2 Å². The van der Waals surface area contributed by atoms with E-state index in [1.807, 2.05) is 19.0 Å². The van der Waals surface area contributed by atoms with E-state index in [1.165, 1.54) is 44.7 Å². The van der Waals surface area contributed by atoms with Crippen molar-refractivity contribution in [1.29, 1.82) is 0 Å². The number of rotatable bonds is 11. The Hall–Kier alpha value is -3.50. The van der Waals surface area contributed by atoms with Crippen LogP contribution in [-0.2, 0) is 16.7 Å². The molecular weight excluding hydrogens is 460 g/mol. The van der Waals surface area contributed by atoms with Crippen LogP contribution in [0, 0.1) is 0 Å². The maximum Gasteiger partial charge on any atom is 0.339 e. The number of hydrogen-bond donors (Lipinski definition) is 0. The van der Waals surface area contributed by atoms with Crippen molar-refractivity contribution in [1.82, 2.24) is 9.80 Å². The van der Waals surface area contributed by atoms with Gasteiger partial charge in [0.25, 0.3) is 5.91 Å². The van der Waals surface area contributed by atoms with Gasteiger partial charge < -0.3 is 27.9 Å². The van der Waals surface area contributed by atoms with Gasteiger partial charge in [0.1, 0.15) is 10.6 Å². The molecule has 0 bridgehead atoms.